The first kappa shape index (κ1) is 16.2. The van der Waals surface area contributed by atoms with Crippen LogP contribution in [0.2, 0.25) is 0 Å². The van der Waals surface area contributed by atoms with Crippen molar-refractivity contribution in [2.75, 3.05) is 0 Å². The maximum Gasteiger partial charge on any atom is 0.299 e. The molecule has 1 amide bonds. The molecule has 0 N–H and O–H groups in total. The van der Waals surface area contributed by atoms with Gasteiger partial charge in [0.25, 0.3) is 5.91 Å². The average molecular weight is 358 g/mol. The van der Waals surface area contributed by atoms with Crippen molar-refractivity contribution in [2.45, 2.75) is 13.5 Å². The number of amides is 1. The molecule has 0 spiro atoms. The van der Waals surface area contributed by atoms with E-state index in [1.165, 1.54) is 17.5 Å². The van der Waals surface area contributed by atoms with Gasteiger partial charge >= 0.3 is 0 Å². The summed E-state index contributed by atoms with van der Waals surface area (Å²) < 4.78 is 2.91. The molecule has 0 aliphatic rings. The third kappa shape index (κ3) is 2.89. The van der Waals surface area contributed by atoms with Crippen LogP contribution in [0.5, 0.6) is 0 Å². The summed E-state index contributed by atoms with van der Waals surface area (Å²) in [6.45, 7) is 2.37. The van der Waals surface area contributed by atoms with Gasteiger partial charge < -0.3 is 4.57 Å². The van der Waals surface area contributed by atoms with Gasteiger partial charge in [0, 0.05) is 0 Å². The first-order valence-corrected chi connectivity index (χ1v) is 8.81. The predicted octanol–water partition coefficient (Wildman–Crippen LogP) is 3.33. The lowest BCUT2D eigenvalue weighted by atomic mass is 10.2. The van der Waals surface area contributed by atoms with E-state index in [2.05, 4.69) is 26.9 Å². The van der Waals surface area contributed by atoms with Crippen molar-refractivity contribution >= 4 is 38.5 Å². The molecule has 2 aromatic heterocycles. The van der Waals surface area contributed by atoms with Crippen molar-refractivity contribution in [2.24, 2.45) is 4.99 Å². The van der Waals surface area contributed by atoms with Crippen LogP contribution in [0.4, 0.5) is 0 Å². The van der Waals surface area contributed by atoms with Crippen LogP contribution in [0, 0.1) is 19.3 Å². The number of aryl methyl sites for hydroxylation is 1. The fourth-order valence-electron chi connectivity index (χ4n) is 2.71. The highest BCUT2D eigenvalue weighted by Crippen LogP contribution is 2.19. The largest absolute Gasteiger partial charge is 0.305 e. The highest BCUT2D eigenvalue weighted by Gasteiger charge is 2.11. The summed E-state index contributed by atoms with van der Waals surface area (Å²) in [5.74, 6) is 2.19. The Morgan fingerprint density at radius 2 is 2.08 bits per heavy atom. The van der Waals surface area contributed by atoms with Crippen LogP contribution < -0.4 is 4.80 Å². The molecule has 0 unspecified atom stereocenters. The van der Waals surface area contributed by atoms with E-state index in [0.717, 1.165) is 21.3 Å². The first-order valence-electron chi connectivity index (χ1n) is 8.00. The van der Waals surface area contributed by atoms with Gasteiger partial charge in [-0.25, -0.2) is 4.98 Å². The third-order valence-corrected chi connectivity index (χ3v) is 4.99. The van der Waals surface area contributed by atoms with Gasteiger partial charge in [-0.3, -0.25) is 9.78 Å². The molecule has 0 aliphatic heterocycles. The molecule has 5 nitrogen and oxygen atoms in total. The summed E-state index contributed by atoms with van der Waals surface area (Å²) in [5, 5.41) is 0. The molecule has 0 bridgehead atoms. The van der Waals surface area contributed by atoms with Crippen molar-refractivity contribution < 1.29 is 4.79 Å². The Balaban J connectivity index is 1.84. The van der Waals surface area contributed by atoms with Gasteiger partial charge in [0.05, 0.1) is 34.0 Å². The highest BCUT2D eigenvalue weighted by molar-refractivity contribution is 7.16. The van der Waals surface area contributed by atoms with Crippen molar-refractivity contribution in [3.05, 3.63) is 64.7 Å². The quantitative estimate of drug-likeness (QED) is 0.517. The highest BCUT2D eigenvalue weighted by atomic mass is 32.1. The van der Waals surface area contributed by atoms with E-state index in [1.54, 1.807) is 0 Å². The minimum atomic E-state index is -0.433. The van der Waals surface area contributed by atoms with Crippen molar-refractivity contribution in [1.82, 2.24) is 14.5 Å². The average Bonchev–Trinajstić information content (AvgIpc) is 2.98. The Morgan fingerprint density at radius 3 is 2.88 bits per heavy atom. The molecule has 0 fully saturated rings. The minimum Gasteiger partial charge on any atom is -0.305 e. The summed E-state index contributed by atoms with van der Waals surface area (Å²) in [6, 6.07) is 13.5. The zero-order valence-corrected chi connectivity index (χ0v) is 14.8. The molecule has 0 saturated carbocycles. The van der Waals surface area contributed by atoms with Gasteiger partial charge in [-0.05, 0) is 36.8 Å². The molecule has 126 valence electrons. The van der Waals surface area contributed by atoms with E-state index in [-0.39, 0.29) is 5.69 Å². The molecule has 0 aliphatic carbocycles. The fraction of sp³-hybridized carbons (Fsp3) is 0.100. The topological polar surface area (TPSA) is 60.1 Å². The van der Waals surface area contributed by atoms with E-state index in [1.807, 2.05) is 47.9 Å². The maximum absolute atomic E-state index is 12.6. The molecule has 0 radical (unpaired) electrons. The van der Waals surface area contributed by atoms with Crippen LogP contribution in [0.1, 0.15) is 16.1 Å². The van der Waals surface area contributed by atoms with E-state index >= 15 is 0 Å². The Labute approximate surface area is 153 Å². The van der Waals surface area contributed by atoms with Crippen molar-refractivity contribution in [1.29, 1.82) is 0 Å². The second-order valence-corrected chi connectivity index (χ2v) is 6.82. The molecular formula is C20H14N4OS. The van der Waals surface area contributed by atoms with Crippen LogP contribution in [0.25, 0.3) is 21.3 Å². The Bertz CT molecular complexity index is 1260. The number of terminal acetylenes is 1. The Morgan fingerprint density at radius 1 is 1.27 bits per heavy atom. The lowest BCUT2D eigenvalue weighted by Crippen LogP contribution is -2.17. The molecule has 2 heterocycles. The molecule has 0 atom stereocenters. The van der Waals surface area contributed by atoms with E-state index < -0.39 is 5.91 Å². The van der Waals surface area contributed by atoms with Gasteiger partial charge in [-0.2, -0.15) is 4.99 Å². The summed E-state index contributed by atoms with van der Waals surface area (Å²) in [6.07, 6.45) is 6.95. The number of nitrogens with zero attached hydrogens (tertiary/aromatic N) is 4. The summed E-state index contributed by atoms with van der Waals surface area (Å²) in [4.78, 5) is 26.1. The number of para-hydroxylation sites is 2. The lowest BCUT2D eigenvalue weighted by Gasteiger charge is -2.00. The number of carbonyl (C=O) groups excluding carboxylic acids is 1. The van der Waals surface area contributed by atoms with E-state index in [9.17, 15) is 4.79 Å². The molecule has 0 saturated heterocycles. The molecule has 4 rings (SSSR count). The second-order valence-electron chi connectivity index (χ2n) is 5.81. The Hall–Kier alpha value is -3.30. The number of thiazole rings is 1. The van der Waals surface area contributed by atoms with Gasteiger partial charge in [-0.15, -0.1) is 6.42 Å². The fourth-order valence-corrected chi connectivity index (χ4v) is 3.84. The summed E-state index contributed by atoms with van der Waals surface area (Å²) in [5.41, 5.74) is 3.73. The SMILES string of the molecule is C#CCn1c(=NC(=O)c2cnc3ccccc3n2)sc2cc(C)ccc21. The number of hydrogen-bond acceptors (Lipinski definition) is 4. The number of fused-ring (bicyclic) bond motifs is 2. The van der Waals surface area contributed by atoms with Crippen molar-refractivity contribution in [3.8, 4) is 12.3 Å². The minimum absolute atomic E-state index is 0.213. The zero-order chi connectivity index (χ0) is 18.1. The lowest BCUT2D eigenvalue weighted by molar-refractivity contribution is 0.0993. The monoisotopic (exact) mass is 358 g/mol. The maximum atomic E-state index is 12.6. The number of benzene rings is 2. The number of hydrogen-bond donors (Lipinski definition) is 0. The van der Waals surface area contributed by atoms with Gasteiger partial charge in [-0.1, -0.05) is 35.5 Å². The number of carbonyl (C=O) groups is 1. The van der Waals surface area contributed by atoms with Gasteiger partial charge in [0.2, 0.25) is 0 Å². The Kier molecular flexibility index (Phi) is 4.07. The van der Waals surface area contributed by atoms with Crippen LogP contribution in [0.3, 0.4) is 0 Å². The van der Waals surface area contributed by atoms with Crippen LogP contribution >= 0.6 is 11.3 Å². The second kappa shape index (κ2) is 6.54. The van der Waals surface area contributed by atoms with E-state index in [0.29, 0.717) is 16.9 Å². The molecular weight excluding hydrogens is 344 g/mol. The van der Waals surface area contributed by atoms with Gasteiger partial charge in [0.15, 0.2) is 4.80 Å². The van der Waals surface area contributed by atoms with Crippen LogP contribution in [0.15, 0.2) is 53.7 Å². The molecule has 26 heavy (non-hydrogen) atoms. The van der Waals surface area contributed by atoms with Crippen molar-refractivity contribution in [3.63, 3.8) is 0 Å². The predicted molar refractivity (Wildman–Crippen MR) is 103 cm³/mol. The van der Waals surface area contributed by atoms with Crippen LogP contribution in [-0.4, -0.2) is 20.4 Å². The zero-order valence-electron chi connectivity index (χ0n) is 14.0. The standard InChI is InChI=1S/C20H14N4OS/c1-3-10-24-17-9-8-13(2)11-18(17)26-20(24)23-19(25)16-12-21-14-6-4-5-7-15(14)22-16/h1,4-9,11-12H,10H2,2H3. The van der Waals surface area contributed by atoms with Crippen LogP contribution in [-0.2, 0) is 6.54 Å². The summed E-state index contributed by atoms with van der Waals surface area (Å²) >= 11 is 1.44. The normalized spacial score (nSPS) is 11.8. The molecule has 2 aromatic carbocycles. The van der Waals surface area contributed by atoms with E-state index in [4.69, 9.17) is 6.42 Å². The molecule has 4 aromatic rings. The number of aromatic nitrogens is 3. The number of rotatable bonds is 2. The first-order chi connectivity index (χ1) is 12.7. The van der Waals surface area contributed by atoms with Gasteiger partial charge in [0.1, 0.15) is 5.69 Å². The smallest absolute Gasteiger partial charge is 0.299 e. The summed E-state index contributed by atoms with van der Waals surface area (Å²) in [7, 11) is 0. The third-order valence-electron chi connectivity index (χ3n) is 3.95. The molecule has 6 heteroatoms.